The molecule has 0 saturated heterocycles. The predicted molar refractivity (Wildman–Crippen MR) is 84.8 cm³/mol. The van der Waals surface area contributed by atoms with Crippen molar-refractivity contribution >= 4 is 23.6 Å². The summed E-state index contributed by atoms with van der Waals surface area (Å²) in [5, 5.41) is 16.6. The lowest BCUT2D eigenvalue weighted by atomic mass is 10.1. The maximum absolute atomic E-state index is 12.9. The summed E-state index contributed by atoms with van der Waals surface area (Å²) in [5.41, 5.74) is -0.972. The molecule has 0 aromatic carbocycles. The normalized spacial score (nSPS) is 11.1. The van der Waals surface area contributed by atoms with Crippen molar-refractivity contribution in [1.82, 2.24) is 10.3 Å². The Morgan fingerprint density at radius 2 is 2.19 bits per heavy atom. The molecule has 0 saturated carbocycles. The number of nitriles is 1. The topological polar surface area (TPSA) is 98.9 Å². The monoisotopic (exact) mass is 387 g/mol. The van der Waals surface area contributed by atoms with Crippen molar-refractivity contribution in [2.75, 3.05) is 30.2 Å². The molecule has 1 amide bonds. The number of anilines is 1. The summed E-state index contributed by atoms with van der Waals surface area (Å²) in [4.78, 5) is 16.8. The standard InChI is InChI=1S/C14H13F3N6O2S/c1-8-4-10(14(15,16)17)19-13(9(8)5-18)26-7-11(24)20-12-6-23(21-25-12)22(2)3/h4,6H,7H2,1-3H3/p+1. The van der Waals surface area contributed by atoms with Crippen LogP contribution in [0.4, 0.5) is 19.1 Å². The molecule has 0 aliphatic carbocycles. The van der Waals surface area contributed by atoms with E-state index in [-0.39, 0.29) is 27.8 Å². The third-order valence-electron chi connectivity index (χ3n) is 3.05. The van der Waals surface area contributed by atoms with E-state index in [1.54, 1.807) is 19.1 Å². The van der Waals surface area contributed by atoms with Gasteiger partial charge in [-0.05, 0) is 18.6 Å². The molecule has 12 heteroatoms. The van der Waals surface area contributed by atoms with Crippen LogP contribution in [-0.4, -0.2) is 36.0 Å². The quantitative estimate of drug-likeness (QED) is 0.613. The Balaban J connectivity index is 2.11. The fourth-order valence-corrected chi connectivity index (χ4v) is 2.67. The maximum atomic E-state index is 12.9. The van der Waals surface area contributed by atoms with Gasteiger partial charge in [0.25, 0.3) is 6.20 Å². The minimum Gasteiger partial charge on any atom is -0.288 e. The van der Waals surface area contributed by atoms with Gasteiger partial charge in [0.2, 0.25) is 11.2 Å². The van der Waals surface area contributed by atoms with Crippen molar-refractivity contribution in [3.05, 3.63) is 29.1 Å². The van der Waals surface area contributed by atoms with E-state index in [0.29, 0.717) is 0 Å². The molecule has 2 rings (SSSR count). The zero-order chi connectivity index (χ0) is 19.5. The lowest BCUT2D eigenvalue weighted by molar-refractivity contribution is -0.753. The van der Waals surface area contributed by atoms with Crippen molar-refractivity contribution in [3.63, 3.8) is 0 Å². The molecule has 0 aliphatic heterocycles. The maximum Gasteiger partial charge on any atom is 0.433 e. The molecule has 26 heavy (non-hydrogen) atoms. The summed E-state index contributed by atoms with van der Waals surface area (Å²) in [6.07, 6.45) is -3.23. The zero-order valence-electron chi connectivity index (χ0n) is 14.0. The number of halogens is 3. The Morgan fingerprint density at radius 1 is 1.50 bits per heavy atom. The summed E-state index contributed by atoms with van der Waals surface area (Å²) in [6.45, 7) is 1.38. The van der Waals surface area contributed by atoms with Crippen LogP contribution in [-0.2, 0) is 11.0 Å². The number of thioether (sulfide) groups is 1. The van der Waals surface area contributed by atoms with E-state index in [9.17, 15) is 18.0 Å². The molecule has 0 aliphatic rings. The summed E-state index contributed by atoms with van der Waals surface area (Å²) in [5.74, 6) is -0.735. The second-order valence-electron chi connectivity index (χ2n) is 5.28. The first-order valence-corrected chi connectivity index (χ1v) is 8.08. The SMILES string of the molecule is Cc1cc(C(F)(F)F)nc(SCC(=O)Nc2c[n+](N(C)C)no2)c1C#N. The zero-order valence-corrected chi connectivity index (χ0v) is 14.8. The summed E-state index contributed by atoms with van der Waals surface area (Å²) < 4.78 is 43.5. The third kappa shape index (κ3) is 4.63. The highest BCUT2D eigenvalue weighted by atomic mass is 32.2. The van der Waals surface area contributed by atoms with Gasteiger partial charge in [0, 0.05) is 0 Å². The van der Waals surface area contributed by atoms with Crippen LogP contribution in [0.5, 0.6) is 0 Å². The first-order valence-electron chi connectivity index (χ1n) is 7.09. The van der Waals surface area contributed by atoms with Crippen LogP contribution >= 0.6 is 11.8 Å². The number of amides is 1. The van der Waals surface area contributed by atoms with Crippen molar-refractivity contribution in [2.45, 2.75) is 18.1 Å². The molecule has 0 bridgehead atoms. The first kappa shape index (κ1) is 19.5. The molecular formula is C14H14F3N6O2S+. The van der Waals surface area contributed by atoms with Crippen LogP contribution < -0.4 is 15.1 Å². The highest BCUT2D eigenvalue weighted by molar-refractivity contribution is 8.00. The van der Waals surface area contributed by atoms with E-state index in [1.165, 1.54) is 17.9 Å². The number of carbonyl (C=O) groups is 1. The predicted octanol–water partition coefficient (Wildman–Crippen LogP) is 1.48. The number of pyridine rings is 1. The number of hydrogen-bond acceptors (Lipinski definition) is 7. The molecule has 0 spiro atoms. The van der Waals surface area contributed by atoms with Crippen LogP contribution in [0.2, 0.25) is 0 Å². The van der Waals surface area contributed by atoms with Crippen LogP contribution in [0.25, 0.3) is 0 Å². The summed E-state index contributed by atoms with van der Waals surface area (Å²) >= 11 is 0.732. The molecule has 2 heterocycles. The number of rotatable bonds is 5. The second-order valence-corrected chi connectivity index (χ2v) is 6.25. The molecule has 0 unspecified atom stereocenters. The van der Waals surface area contributed by atoms with E-state index in [2.05, 4.69) is 15.6 Å². The molecule has 0 radical (unpaired) electrons. The number of carbonyl (C=O) groups excluding carboxylic acids is 1. The Bertz CT molecular complexity index is 859. The highest BCUT2D eigenvalue weighted by Crippen LogP contribution is 2.32. The summed E-state index contributed by atoms with van der Waals surface area (Å²) in [7, 11) is 3.41. The molecular weight excluding hydrogens is 373 g/mol. The summed E-state index contributed by atoms with van der Waals surface area (Å²) in [6, 6.07) is 2.61. The molecule has 1 N–H and O–H groups in total. The first-order chi connectivity index (χ1) is 12.1. The molecule has 0 fully saturated rings. The number of nitrogens with one attached hydrogen (secondary N) is 1. The molecule has 138 valence electrons. The van der Waals surface area contributed by atoms with E-state index in [1.807, 2.05) is 6.07 Å². The van der Waals surface area contributed by atoms with E-state index >= 15 is 0 Å². The van der Waals surface area contributed by atoms with Gasteiger partial charge in [-0.2, -0.15) is 23.4 Å². The molecule has 2 aromatic heterocycles. The lowest BCUT2D eigenvalue weighted by Gasteiger charge is -2.11. The number of hydrogen-bond donors (Lipinski definition) is 1. The minimum absolute atomic E-state index is 0.000847. The average molecular weight is 387 g/mol. The van der Waals surface area contributed by atoms with Crippen molar-refractivity contribution in [1.29, 1.82) is 5.26 Å². The van der Waals surface area contributed by atoms with Crippen LogP contribution in [0.3, 0.4) is 0 Å². The van der Waals surface area contributed by atoms with Crippen LogP contribution in [0, 0.1) is 18.3 Å². The fraction of sp³-hybridized carbons (Fsp3) is 0.357. The fourth-order valence-electron chi connectivity index (χ4n) is 1.82. The lowest BCUT2D eigenvalue weighted by Crippen LogP contribution is -2.53. The Morgan fingerprint density at radius 3 is 2.73 bits per heavy atom. The minimum atomic E-state index is -4.64. The van der Waals surface area contributed by atoms with Gasteiger partial charge < -0.3 is 0 Å². The van der Waals surface area contributed by atoms with E-state index < -0.39 is 17.8 Å². The average Bonchev–Trinajstić information content (AvgIpc) is 3.00. The molecule has 8 nitrogen and oxygen atoms in total. The van der Waals surface area contributed by atoms with Gasteiger partial charge in [0.15, 0.2) is 0 Å². The molecule has 0 atom stereocenters. The van der Waals surface area contributed by atoms with Crippen molar-refractivity contribution < 1.29 is 27.3 Å². The number of nitrogens with zero attached hydrogens (tertiary/aromatic N) is 5. The smallest absolute Gasteiger partial charge is 0.288 e. The Hall–Kier alpha value is -2.81. The number of aryl methyl sites for hydroxylation is 1. The number of alkyl halides is 3. The largest absolute Gasteiger partial charge is 0.433 e. The van der Waals surface area contributed by atoms with Crippen LogP contribution in [0.1, 0.15) is 16.8 Å². The van der Waals surface area contributed by atoms with E-state index in [4.69, 9.17) is 9.78 Å². The van der Waals surface area contributed by atoms with Gasteiger partial charge in [0.1, 0.15) is 16.8 Å². The van der Waals surface area contributed by atoms with Crippen molar-refractivity contribution in [3.8, 4) is 6.07 Å². The number of aromatic nitrogens is 3. The van der Waals surface area contributed by atoms with Crippen LogP contribution in [0.15, 0.2) is 21.8 Å². The Labute approximate surface area is 150 Å². The van der Waals surface area contributed by atoms with Crippen molar-refractivity contribution in [2.24, 2.45) is 0 Å². The van der Waals surface area contributed by atoms with E-state index in [0.717, 1.165) is 17.8 Å². The highest BCUT2D eigenvalue weighted by Gasteiger charge is 2.34. The van der Waals surface area contributed by atoms with Gasteiger partial charge >= 0.3 is 12.1 Å². The van der Waals surface area contributed by atoms with Gasteiger partial charge in [0.05, 0.1) is 30.2 Å². The second kappa shape index (κ2) is 7.61. The molecule has 2 aromatic rings. The Kier molecular flexibility index (Phi) is 5.71. The third-order valence-corrected chi connectivity index (χ3v) is 4.03. The van der Waals surface area contributed by atoms with Gasteiger partial charge in [-0.25, -0.2) is 4.98 Å². The van der Waals surface area contributed by atoms with Gasteiger partial charge in [-0.3, -0.25) is 14.6 Å². The van der Waals surface area contributed by atoms with Gasteiger partial charge in [-0.15, -0.1) is 0 Å². The van der Waals surface area contributed by atoms with Gasteiger partial charge in [-0.1, -0.05) is 11.8 Å².